The molecule has 0 bridgehead atoms. The number of H-pyrrole nitrogens is 1. The molecule has 0 amide bonds. The molecular formula is C15H20N2O3. The van der Waals surface area contributed by atoms with Crippen LogP contribution in [0.4, 0.5) is 0 Å². The maximum absolute atomic E-state index is 11.3. The summed E-state index contributed by atoms with van der Waals surface area (Å²) in [6.07, 6.45) is 2.32. The van der Waals surface area contributed by atoms with Crippen molar-refractivity contribution in [3.05, 3.63) is 36.0 Å². The number of aromatic amines is 1. The monoisotopic (exact) mass is 276 g/mol. The Hall–Kier alpha value is -1.85. The van der Waals surface area contributed by atoms with E-state index in [1.54, 1.807) is 0 Å². The third-order valence-corrected chi connectivity index (χ3v) is 3.47. The first-order chi connectivity index (χ1) is 9.61. The molecule has 2 atom stereocenters. The van der Waals surface area contributed by atoms with Crippen LogP contribution in [0.15, 0.2) is 30.5 Å². The number of aromatic nitrogens is 1. The molecule has 2 rings (SSSR count). The zero-order valence-corrected chi connectivity index (χ0v) is 11.5. The minimum Gasteiger partial charge on any atom is -0.480 e. The van der Waals surface area contributed by atoms with Crippen molar-refractivity contribution < 1.29 is 15.0 Å². The standard InChI is InChI=1S/C15H20N2O3/c1-2-11(18)9-17-14(15(19)20)7-10-8-16-13-6-4-3-5-12(10)13/h3-6,8,11,14,16-18H,2,7,9H2,1H3,(H,19,20). The summed E-state index contributed by atoms with van der Waals surface area (Å²) >= 11 is 0. The molecule has 2 unspecified atom stereocenters. The van der Waals surface area contributed by atoms with E-state index in [1.165, 1.54) is 0 Å². The van der Waals surface area contributed by atoms with Crippen molar-refractivity contribution in [3.8, 4) is 0 Å². The molecule has 0 spiro atoms. The quantitative estimate of drug-likeness (QED) is 0.618. The van der Waals surface area contributed by atoms with E-state index in [4.69, 9.17) is 0 Å². The third-order valence-electron chi connectivity index (χ3n) is 3.47. The van der Waals surface area contributed by atoms with E-state index in [1.807, 2.05) is 37.4 Å². The number of carboxylic acids is 1. The fourth-order valence-electron chi connectivity index (χ4n) is 2.19. The van der Waals surface area contributed by atoms with Gasteiger partial charge in [0.15, 0.2) is 0 Å². The molecule has 0 aliphatic heterocycles. The van der Waals surface area contributed by atoms with Gasteiger partial charge in [-0.2, -0.15) is 0 Å². The van der Waals surface area contributed by atoms with Gasteiger partial charge in [0.2, 0.25) is 0 Å². The first kappa shape index (κ1) is 14.6. The van der Waals surface area contributed by atoms with Gasteiger partial charge in [-0.15, -0.1) is 0 Å². The molecule has 4 N–H and O–H groups in total. The van der Waals surface area contributed by atoms with Crippen LogP contribution in [0.1, 0.15) is 18.9 Å². The Labute approximate surface area is 117 Å². The molecule has 5 nitrogen and oxygen atoms in total. The van der Waals surface area contributed by atoms with Crippen molar-refractivity contribution in [1.29, 1.82) is 0 Å². The van der Waals surface area contributed by atoms with Gasteiger partial charge in [-0.05, 0) is 18.1 Å². The lowest BCUT2D eigenvalue weighted by Gasteiger charge is -2.16. The molecule has 0 fully saturated rings. The van der Waals surface area contributed by atoms with Gasteiger partial charge in [0.25, 0.3) is 0 Å². The number of benzene rings is 1. The molecule has 0 aliphatic carbocycles. The smallest absolute Gasteiger partial charge is 0.321 e. The molecule has 1 heterocycles. The summed E-state index contributed by atoms with van der Waals surface area (Å²) in [6, 6.07) is 7.11. The minimum atomic E-state index is -0.904. The van der Waals surface area contributed by atoms with Crippen molar-refractivity contribution in [2.45, 2.75) is 31.9 Å². The molecule has 1 aromatic heterocycles. The lowest BCUT2D eigenvalue weighted by Crippen LogP contribution is -2.42. The number of hydrogen-bond donors (Lipinski definition) is 4. The number of aliphatic hydroxyl groups is 1. The van der Waals surface area contributed by atoms with Crippen LogP contribution in [0.2, 0.25) is 0 Å². The largest absolute Gasteiger partial charge is 0.480 e. The molecule has 108 valence electrons. The molecular weight excluding hydrogens is 256 g/mol. The van der Waals surface area contributed by atoms with Gasteiger partial charge >= 0.3 is 5.97 Å². The zero-order chi connectivity index (χ0) is 14.5. The molecule has 0 radical (unpaired) electrons. The molecule has 1 aromatic carbocycles. The van der Waals surface area contributed by atoms with E-state index < -0.39 is 18.1 Å². The molecule has 5 heteroatoms. The highest BCUT2D eigenvalue weighted by Crippen LogP contribution is 2.19. The number of fused-ring (bicyclic) bond motifs is 1. The highest BCUT2D eigenvalue weighted by molar-refractivity contribution is 5.84. The average Bonchev–Trinajstić information content (AvgIpc) is 2.86. The Morgan fingerprint density at radius 2 is 2.15 bits per heavy atom. The number of carboxylic acid groups (broad SMARTS) is 1. The summed E-state index contributed by atoms with van der Waals surface area (Å²) in [6.45, 7) is 2.15. The highest BCUT2D eigenvalue weighted by Gasteiger charge is 2.19. The van der Waals surface area contributed by atoms with E-state index in [-0.39, 0.29) is 6.54 Å². The summed E-state index contributed by atoms with van der Waals surface area (Å²) in [7, 11) is 0. The predicted molar refractivity (Wildman–Crippen MR) is 77.7 cm³/mol. The summed E-state index contributed by atoms with van der Waals surface area (Å²) in [4.78, 5) is 14.4. The van der Waals surface area contributed by atoms with Gasteiger partial charge in [-0.3, -0.25) is 4.79 Å². The van der Waals surface area contributed by atoms with Gasteiger partial charge in [0.05, 0.1) is 6.10 Å². The van der Waals surface area contributed by atoms with Crippen LogP contribution in [0.3, 0.4) is 0 Å². The SMILES string of the molecule is CCC(O)CNC(Cc1c[nH]c2ccccc12)C(=O)O. The average molecular weight is 276 g/mol. The normalized spacial score (nSPS) is 14.3. The van der Waals surface area contributed by atoms with E-state index in [9.17, 15) is 15.0 Å². The Morgan fingerprint density at radius 1 is 1.40 bits per heavy atom. The molecule has 2 aromatic rings. The number of para-hydroxylation sites is 1. The Bertz CT molecular complexity index is 579. The lowest BCUT2D eigenvalue weighted by molar-refractivity contribution is -0.139. The van der Waals surface area contributed by atoms with Crippen LogP contribution in [-0.2, 0) is 11.2 Å². The summed E-state index contributed by atoms with van der Waals surface area (Å²) < 4.78 is 0. The first-order valence-electron chi connectivity index (χ1n) is 6.81. The number of carbonyl (C=O) groups is 1. The highest BCUT2D eigenvalue weighted by atomic mass is 16.4. The Kier molecular flexibility index (Phi) is 4.76. The number of rotatable bonds is 7. The molecule has 0 saturated carbocycles. The van der Waals surface area contributed by atoms with E-state index >= 15 is 0 Å². The Morgan fingerprint density at radius 3 is 2.85 bits per heavy atom. The van der Waals surface area contributed by atoms with E-state index in [2.05, 4.69) is 10.3 Å². The van der Waals surface area contributed by atoms with Gasteiger partial charge in [-0.25, -0.2) is 0 Å². The van der Waals surface area contributed by atoms with Crippen LogP contribution < -0.4 is 5.32 Å². The van der Waals surface area contributed by atoms with Crippen LogP contribution in [0.25, 0.3) is 10.9 Å². The second kappa shape index (κ2) is 6.54. The van der Waals surface area contributed by atoms with Crippen molar-refractivity contribution in [1.82, 2.24) is 10.3 Å². The maximum Gasteiger partial charge on any atom is 0.321 e. The van der Waals surface area contributed by atoms with Gasteiger partial charge in [0, 0.05) is 30.1 Å². The maximum atomic E-state index is 11.3. The number of aliphatic hydroxyl groups excluding tert-OH is 1. The van der Waals surface area contributed by atoms with Crippen molar-refractivity contribution in [3.63, 3.8) is 0 Å². The summed E-state index contributed by atoms with van der Waals surface area (Å²) in [5, 5.41) is 22.7. The fourth-order valence-corrected chi connectivity index (χ4v) is 2.19. The third kappa shape index (κ3) is 3.37. The van der Waals surface area contributed by atoms with Crippen molar-refractivity contribution >= 4 is 16.9 Å². The number of nitrogens with one attached hydrogen (secondary N) is 2. The molecule has 20 heavy (non-hydrogen) atoms. The molecule has 0 saturated heterocycles. The topological polar surface area (TPSA) is 85.4 Å². The summed E-state index contributed by atoms with van der Waals surface area (Å²) in [5.41, 5.74) is 1.96. The van der Waals surface area contributed by atoms with Gasteiger partial charge < -0.3 is 20.5 Å². The number of hydrogen-bond acceptors (Lipinski definition) is 3. The zero-order valence-electron chi connectivity index (χ0n) is 11.5. The van der Waals surface area contributed by atoms with Gasteiger partial charge in [0.1, 0.15) is 6.04 Å². The number of aliphatic carboxylic acids is 1. The molecule has 0 aliphatic rings. The van der Waals surface area contributed by atoms with Crippen molar-refractivity contribution in [2.24, 2.45) is 0 Å². The Balaban J connectivity index is 2.10. The van der Waals surface area contributed by atoms with Crippen LogP contribution in [0.5, 0.6) is 0 Å². The van der Waals surface area contributed by atoms with E-state index in [0.717, 1.165) is 16.5 Å². The lowest BCUT2D eigenvalue weighted by atomic mass is 10.0. The van der Waals surface area contributed by atoms with Crippen molar-refractivity contribution in [2.75, 3.05) is 6.54 Å². The van der Waals surface area contributed by atoms with E-state index in [0.29, 0.717) is 12.8 Å². The first-order valence-corrected chi connectivity index (χ1v) is 6.81. The van der Waals surface area contributed by atoms with Gasteiger partial charge in [-0.1, -0.05) is 25.1 Å². The second-order valence-electron chi connectivity index (χ2n) is 4.92. The second-order valence-corrected chi connectivity index (χ2v) is 4.92. The van der Waals surface area contributed by atoms with Crippen LogP contribution in [0, 0.1) is 0 Å². The fraction of sp³-hybridized carbons (Fsp3) is 0.400. The summed E-state index contributed by atoms with van der Waals surface area (Å²) in [5.74, 6) is -0.904. The minimum absolute atomic E-state index is 0.288. The van der Waals surface area contributed by atoms with Crippen LogP contribution >= 0.6 is 0 Å². The van der Waals surface area contributed by atoms with Crippen LogP contribution in [-0.4, -0.2) is 39.9 Å². The predicted octanol–water partition coefficient (Wildman–Crippen LogP) is 1.52.